The summed E-state index contributed by atoms with van der Waals surface area (Å²) >= 11 is 0. The number of hydrogen-bond donors (Lipinski definition) is 1. The second kappa shape index (κ2) is 6.04. The van der Waals surface area contributed by atoms with Gasteiger partial charge in [-0.2, -0.15) is 5.10 Å². The monoisotopic (exact) mass is 338 g/mol. The SMILES string of the molecule is Cc1nc(N)nc(C)c1Cc1ncnn1-c1ccc2c(c1)OCCO2. The molecule has 2 aromatic heterocycles. The van der Waals surface area contributed by atoms with Crippen LogP contribution in [0.5, 0.6) is 11.5 Å². The van der Waals surface area contributed by atoms with Gasteiger partial charge in [0.15, 0.2) is 11.5 Å². The van der Waals surface area contributed by atoms with E-state index in [9.17, 15) is 0 Å². The van der Waals surface area contributed by atoms with E-state index >= 15 is 0 Å². The second-order valence-electron chi connectivity index (χ2n) is 5.82. The molecule has 0 aliphatic carbocycles. The Balaban J connectivity index is 1.70. The first-order valence-corrected chi connectivity index (χ1v) is 8.00. The van der Waals surface area contributed by atoms with Gasteiger partial charge in [0.05, 0.1) is 5.69 Å². The highest BCUT2D eigenvalue weighted by Gasteiger charge is 2.16. The van der Waals surface area contributed by atoms with Crippen LogP contribution in [-0.2, 0) is 6.42 Å². The van der Waals surface area contributed by atoms with Crippen molar-refractivity contribution < 1.29 is 9.47 Å². The molecule has 128 valence electrons. The highest BCUT2D eigenvalue weighted by atomic mass is 16.6. The van der Waals surface area contributed by atoms with Crippen molar-refractivity contribution in [2.24, 2.45) is 0 Å². The molecule has 0 saturated carbocycles. The molecule has 1 aromatic carbocycles. The molecule has 8 heteroatoms. The van der Waals surface area contributed by atoms with Crippen molar-refractivity contribution in [1.29, 1.82) is 0 Å². The summed E-state index contributed by atoms with van der Waals surface area (Å²) in [6.45, 7) is 4.95. The summed E-state index contributed by atoms with van der Waals surface area (Å²) in [5.74, 6) is 2.53. The molecule has 1 aliphatic rings. The Hall–Kier alpha value is -3.16. The van der Waals surface area contributed by atoms with E-state index in [0.29, 0.717) is 25.4 Å². The Morgan fingerprint density at radius 3 is 2.56 bits per heavy atom. The Bertz CT molecular complexity index is 914. The predicted octanol–water partition coefficient (Wildman–Crippen LogP) is 1.62. The van der Waals surface area contributed by atoms with Crippen molar-refractivity contribution >= 4 is 5.95 Å². The van der Waals surface area contributed by atoms with Gasteiger partial charge in [0.25, 0.3) is 0 Å². The minimum atomic E-state index is 0.284. The molecule has 0 spiro atoms. The van der Waals surface area contributed by atoms with E-state index in [-0.39, 0.29) is 5.95 Å². The van der Waals surface area contributed by atoms with Gasteiger partial charge in [0.1, 0.15) is 25.4 Å². The van der Waals surface area contributed by atoms with Crippen molar-refractivity contribution in [2.75, 3.05) is 18.9 Å². The lowest BCUT2D eigenvalue weighted by Gasteiger charge is -2.19. The molecule has 4 rings (SSSR count). The smallest absolute Gasteiger partial charge is 0.220 e. The molecule has 0 amide bonds. The lowest BCUT2D eigenvalue weighted by molar-refractivity contribution is 0.171. The van der Waals surface area contributed by atoms with Gasteiger partial charge < -0.3 is 15.2 Å². The van der Waals surface area contributed by atoms with Gasteiger partial charge in [0, 0.05) is 29.4 Å². The van der Waals surface area contributed by atoms with E-state index in [1.54, 1.807) is 4.68 Å². The molecule has 0 radical (unpaired) electrons. The number of ether oxygens (including phenoxy) is 2. The molecule has 8 nitrogen and oxygen atoms in total. The minimum absolute atomic E-state index is 0.284. The lowest BCUT2D eigenvalue weighted by atomic mass is 10.1. The first kappa shape index (κ1) is 15.4. The number of rotatable bonds is 3. The van der Waals surface area contributed by atoms with Crippen LogP contribution in [0.1, 0.15) is 22.8 Å². The zero-order valence-corrected chi connectivity index (χ0v) is 14.1. The molecular weight excluding hydrogens is 320 g/mol. The number of nitrogens with two attached hydrogens (primary N) is 1. The van der Waals surface area contributed by atoms with Crippen LogP contribution in [0.2, 0.25) is 0 Å². The van der Waals surface area contributed by atoms with Gasteiger partial charge in [0.2, 0.25) is 5.95 Å². The molecular formula is C17H18N6O2. The predicted molar refractivity (Wildman–Crippen MR) is 91.1 cm³/mol. The number of nitrogen functional groups attached to an aromatic ring is 1. The Labute approximate surface area is 144 Å². The van der Waals surface area contributed by atoms with Crippen LogP contribution in [0.15, 0.2) is 24.5 Å². The van der Waals surface area contributed by atoms with Gasteiger partial charge in [-0.1, -0.05) is 0 Å². The van der Waals surface area contributed by atoms with Gasteiger partial charge >= 0.3 is 0 Å². The number of fused-ring (bicyclic) bond motifs is 1. The number of aryl methyl sites for hydroxylation is 2. The number of benzene rings is 1. The Kier molecular flexibility index (Phi) is 3.72. The maximum Gasteiger partial charge on any atom is 0.220 e. The third-order valence-corrected chi connectivity index (χ3v) is 4.16. The molecule has 0 saturated heterocycles. The fourth-order valence-corrected chi connectivity index (χ4v) is 2.94. The fourth-order valence-electron chi connectivity index (χ4n) is 2.94. The highest BCUT2D eigenvalue weighted by molar-refractivity contribution is 5.49. The van der Waals surface area contributed by atoms with E-state index < -0.39 is 0 Å². The van der Waals surface area contributed by atoms with Gasteiger partial charge in [-0.05, 0) is 26.0 Å². The van der Waals surface area contributed by atoms with Crippen LogP contribution >= 0.6 is 0 Å². The Morgan fingerprint density at radius 2 is 1.80 bits per heavy atom. The molecule has 1 aliphatic heterocycles. The van der Waals surface area contributed by atoms with E-state index in [0.717, 1.165) is 34.2 Å². The molecule has 25 heavy (non-hydrogen) atoms. The maximum atomic E-state index is 5.71. The largest absolute Gasteiger partial charge is 0.486 e. The van der Waals surface area contributed by atoms with E-state index in [4.69, 9.17) is 15.2 Å². The standard InChI is InChI=1S/C17H18N6O2/c1-10-13(11(2)22-17(18)21-10)8-16-19-9-20-23(16)12-3-4-14-15(7-12)25-6-5-24-14/h3-4,7,9H,5-6,8H2,1-2H3,(H2,18,21,22). The van der Waals surface area contributed by atoms with Crippen LogP contribution in [-0.4, -0.2) is 37.9 Å². The summed E-state index contributed by atoms with van der Waals surface area (Å²) in [7, 11) is 0. The van der Waals surface area contributed by atoms with Crippen molar-refractivity contribution in [2.45, 2.75) is 20.3 Å². The summed E-state index contributed by atoms with van der Waals surface area (Å²) in [5.41, 5.74) is 9.27. The lowest BCUT2D eigenvalue weighted by Crippen LogP contribution is -2.16. The van der Waals surface area contributed by atoms with Crippen LogP contribution in [0, 0.1) is 13.8 Å². The molecule has 3 heterocycles. The minimum Gasteiger partial charge on any atom is -0.486 e. The van der Waals surface area contributed by atoms with Crippen molar-refractivity contribution in [3.05, 3.63) is 47.3 Å². The van der Waals surface area contributed by atoms with Crippen molar-refractivity contribution in [3.8, 4) is 17.2 Å². The average Bonchev–Trinajstić information content (AvgIpc) is 3.06. The molecule has 0 atom stereocenters. The van der Waals surface area contributed by atoms with E-state index in [1.165, 1.54) is 6.33 Å². The van der Waals surface area contributed by atoms with Crippen LogP contribution in [0.4, 0.5) is 5.95 Å². The number of anilines is 1. The zero-order valence-electron chi connectivity index (χ0n) is 14.1. The van der Waals surface area contributed by atoms with Crippen molar-refractivity contribution in [1.82, 2.24) is 24.7 Å². The van der Waals surface area contributed by atoms with E-state index in [1.807, 2.05) is 32.0 Å². The number of hydrogen-bond acceptors (Lipinski definition) is 7. The molecule has 3 aromatic rings. The third-order valence-electron chi connectivity index (χ3n) is 4.16. The number of nitrogens with zero attached hydrogens (tertiary/aromatic N) is 5. The van der Waals surface area contributed by atoms with Crippen LogP contribution in [0.25, 0.3) is 5.69 Å². The van der Waals surface area contributed by atoms with Gasteiger partial charge in [-0.15, -0.1) is 0 Å². The second-order valence-corrected chi connectivity index (χ2v) is 5.82. The quantitative estimate of drug-likeness (QED) is 0.774. The molecule has 2 N–H and O–H groups in total. The van der Waals surface area contributed by atoms with E-state index in [2.05, 4.69) is 20.1 Å². The summed E-state index contributed by atoms with van der Waals surface area (Å²) < 4.78 is 13.0. The fraction of sp³-hybridized carbons (Fsp3) is 0.294. The molecule has 0 fully saturated rings. The average molecular weight is 338 g/mol. The summed E-state index contributed by atoms with van der Waals surface area (Å²) in [4.78, 5) is 12.9. The first-order valence-electron chi connectivity index (χ1n) is 8.00. The van der Waals surface area contributed by atoms with Crippen molar-refractivity contribution in [3.63, 3.8) is 0 Å². The summed E-state index contributed by atoms with van der Waals surface area (Å²) in [6.07, 6.45) is 2.10. The van der Waals surface area contributed by atoms with Gasteiger partial charge in [-0.25, -0.2) is 19.6 Å². The highest BCUT2D eigenvalue weighted by Crippen LogP contribution is 2.32. The third kappa shape index (κ3) is 2.86. The summed E-state index contributed by atoms with van der Waals surface area (Å²) in [5, 5.41) is 4.35. The van der Waals surface area contributed by atoms with Gasteiger partial charge in [-0.3, -0.25) is 0 Å². The van der Waals surface area contributed by atoms with Crippen LogP contribution < -0.4 is 15.2 Å². The Morgan fingerprint density at radius 1 is 1.08 bits per heavy atom. The maximum absolute atomic E-state index is 5.71. The van der Waals surface area contributed by atoms with Crippen LogP contribution in [0.3, 0.4) is 0 Å². The number of aromatic nitrogens is 5. The molecule has 0 unspecified atom stereocenters. The zero-order chi connectivity index (χ0) is 17.4. The normalized spacial score (nSPS) is 13.0. The topological polar surface area (TPSA) is 101 Å². The summed E-state index contributed by atoms with van der Waals surface area (Å²) in [6, 6.07) is 5.73. The first-order chi connectivity index (χ1) is 12.1. The molecule has 0 bridgehead atoms.